The maximum atomic E-state index is 12.4. The first-order valence-corrected chi connectivity index (χ1v) is 7.33. The fourth-order valence-electron chi connectivity index (χ4n) is 2.02. The Bertz CT molecular complexity index is 591. The summed E-state index contributed by atoms with van der Waals surface area (Å²) in [4.78, 5) is 11.5. The predicted molar refractivity (Wildman–Crippen MR) is 76.4 cm³/mol. The van der Waals surface area contributed by atoms with Crippen LogP contribution in [0, 0.1) is 0 Å². The second kappa shape index (κ2) is 6.53. The summed E-state index contributed by atoms with van der Waals surface area (Å²) in [6.07, 6.45) is 0.649. The van der Waals surface area contributed by atoms with Crippen LogP contribution >= 0.6 is 12.4 Å². The molecule has 1 heterocycles. The highest BCUT2D eigenvalue weighted by Crippen LogP contribution is 2.21. The van der Waals surface area contributed by atoms with E-state index in [4.69, 9.17) is 5.73 Å². The largest absolute Gasteiger partial charge is 0.465 e. The van der Waals surface area contributed by atoms with E-state index in [1.54, 1.807) is 0 Å². The Morgan fingerprint density at radius 2 is 2.15 bits per heavy atom. The van der Waals surface area contributed by atoms with Gasteiger partial charge in [-0.3, -0.25) is 0 Å². The van der Waals surface area contributed by atoms with Crippen LogP contribution in [0.1, 0.15) is 16.8 Å². The van der Waals surface area contributed by atoms with E-state index in [0.29, 0.717) is 19.5 Å². The number of rotatable bonds is 3. The van der Waals surface area contributed by atoms with Gasteiger partial charge in [-0.05, 0) is 24.6 Å². The second-order valence-corrected chi connectivity index (χ2v) is 6.37. The lowest BCUT2D eigenvalue weighted by Crippen LogP contribution is -2.32. The molecule has 1 fully saturated rings. The van der Waals surface area contributed by atoms with Gasteiger partial charge in [0.25, 0.3) is 0 Å². The highest BCUT2D eigenvalue weighted by Gasteiger charge is 2.31. The maximum Gasteiger partial charge on any atom is 0.337 e. The summed E-state index contributed by atoms with van der Waals surface area (Å²) >= 11 is 0. The molecule has 0 spiro atoms. The van der Waals surface area contributed by atoms with Gasteiger partial charge in [0.15, 0.2) is 0 Å². The number of carbonyl (C=O) groups is 1. The van der Waals surface area contributed by atoms with E-state index < -0.39 is 16.0 Å². The summed E-state index contributed by atoms with van der Waals surface area (Å²) in [7, 11) is -2.34. The highest BCUT2D eigenvalue weighted by molar-refractivity contribution is 7.89. The Kier molecular flexibility index (Phi) is 5.52. The number of halogens is 1. The van der Waals surface area contributed by atoms with Gasteiger partial charge in [-0.2, -0.15) is 4.31 Å². The van der Waals surface area contributed by atoms with Gasteiger partial charge in [0, 0.05) is 19.1 Å². The lowest BCUT2D eigenvalue weighted by Gasteiger charge is -2.16. The van der Waals surface area contributed by atoms with Crippen molar-refractivity contribution in [1.29, 1.82) is 0 Å². The average Bonchev–Trinajstić information content (AvgIpc) is 2.85. The first kappa shape index (κ1) is 16.9. The van der Waals surface area contributed by atoms with Gasteiger partial charge in [-0.25, -0.2) is 13.2 Å². The Labute approximate surface area is 124 Å². The molecule has 112 valence electrons. The van der Waals surface area contributed by atoms with Crippen LogP contribution in [0.15, 0.2) is 29.2 Å². The number of benzene rings is 1. The van der Waals surface area contributed by atoms with Crippen LogP contribution in [0.2, 0.25) is 0 Å². The molecule has 0 radical (unpaired) electrons. The molecule has 1 saturated heterocycles. The monoisotopic (exact) mass is 320 g/mol. The van der Waals surface area contributed by atoms with Crippen molar-refractivity contribution in [3.63, 3.8) is 0 Å². The third kappa shape index (κ3) is 3.29. The number of nitrogens with zero attached hydrogens (tertiary/aromatic N) is 1. The standard InChI is InChI=1S/C12H16N2O4S.ClH/c1-18-12(15)9-3-2-4-11(7-9)19(16,17)14-6-5-10(13)8-14;/h2-4,7,10H,5-6,8,13H2,1H3;1H/t10-;/m1./s1. The lowest BCUT2D eigenvalue weighted by molar-refractivity contribution is 0.0600. The fourth-order valence-corrected chi connectivity index (χ4v) is 3.58. The number of hydrogen-bond donors (Lipinski definition) is 1. The van der Waals surface area contributed by atoms with Crippen molar-refractivity contribution in [2.24, 2.45) is 5.73 Å². The lowest BCUT2D eigenvalue weighted by atomic mass is 10.2. The molecule has 2 N–H and O–H groups in total. The number of carbonyl (C=O) groups excluding carboxylic acids is 1. The van der Waals surface area contributed by atoms with Gasteiger partial charge < -0.3 is 10.5 Å². The molecule has 0 aliphatic carbocycles. The van der Waals surface area contributed by atoms with E-state index in [9.17, 15) is 13.2 Å². The zero-order valence-electron chi connectivity index (χ0n) is 11.0. The maximum absolute atomic E-state index is 12.4. The van der Waals surface area contributed by atoms with Crippen LogP contribution in [0.25, 0.3) is 0 Å². The van der Waals surface area contributed by atoms with Crippen molar-refractivity contribution in [1.82, 2.24) is 4.31 Å². The fraction of sp³-hybridized carbons (Fsp3) is 0.417. The Balaban J connectivity index is 0.00000200. The summed E-state index contributed by atoms with van der Waals surface area (Å²) in [6, 6.07) is 5.70. The minimum atomic E-state index is -3.59. The molecule has 0 bridgehead atoms. The predicted octanol–water partition coefficient (Wildman–Crippen LogP) is 0.617. The van der Waals surface area contributed by atoms with Gasteiger partial charge in [0.05, 0.1) is 17.6 Å². The first-order chi connectivity index (χ1) is 8.95. The molecular formula is C12H17ClN2O4S. The van der Waals surface area contributed by atoms with Gasteiger partial charge >= 0.3 is 5.97 Å². The first-order valence-electron chi connectivity index (χ1n) is 5.89. The number of methoxy groups -OCH3 is 1. The van der Waals surface area contributed by atoms with Crippen molar-refractivity contribution < 1.29 is 17.9 Å². The molecule has 0 unspecified atom stereocenters. The zero-order valence-corrected chi connectivity index (χ0v) is 12.6. The molecule has 8 heteroatoms. The van der Waals surface area contributed by atoms with Crippen LogP contribution in [0.3, 0.4) is 0 Å². The third-order valence-electron chi connectivity index (χ3n) is 3.08. The van der Waals surface area contributed by atoms with Crippen molar-refractivity contribution >= 4 is 28.4 Å². The quantitative estimate of drug-likeness (QED) is 0.824. The summed E-state index contributed by atoms with van der Waals surface area (Å²) in [5.41, 5.74) is 5.93. The van der Waals surface area contributed by atoms with E-state index in [0.717, 1.165) is 0 Å². The number of hydrogen-bond acceptors (Lipinski definition) is 5. The molecule has 1 aromatic carbocycles. The minimum Gasteiger partial charge on any atom is -0.465 e. The van der Waals surface area contributed by atoms with Gasteiger partial charge in [-0.15, -0.1) is 12.4 Å². The highest BCUT2D eigenvalue weighted by atomic mass is 35.5. The van der Waals surface area contributed by atoms with Crippen LogP contribution in [0.5, 0.6) is 0 Å². The molecular weight excluding hydrogens is 304 g/mol. The van der Waals surface area contributed by atoms with E-state index in [2.05, 4.69) is 4.74 Å². The Morgan fingerprint density at radius 1 is 1.45 bits per heavy atom. The molecule has 0 aromatic heterocycles. The van der Waals surface area contributed by atoms with Crippen molar-refractivity contribution in [3.8, 4) is 0 Å². The Hall–Kier alpha value is -1.15. The zero-order chi connectivity index (χ0) is 14.0. The van der Waals surface area contributed by atoms with E-state index in [-0.39, 0.29) is 28.9 Å². The van der Waals surface area contributed by atoms with Crippen molar-refractivity contribution in [3.05, 3.63) is 29.8 Å². The number of nitrogens with two attached hydrogens (primary N) is 1. The molecule has 1 aromatic rings. The molecule has 1 atom stereocenters. The molecule has 2 rings (SSSR count). The van der Waals surface area contributed by atoms with Gasteiger partial charge in [-0.1, -0.05) is 6.07 Å². The minimum absolute atomic E-state index is 0. The van der Waals surface area contributed by atoms with E-state index in [1.807, 2.05) is 0 Å². The smallest absolute Gasteiger partial charge is 0.337 e. The van der Waals surface area contributed by atoms with E-state index in [1.165, 1.54) is 35.7 Å². The Morgan fingerprint density at radius 3 is 2.70 bits per heavy atom. The SMILES string of the molecule is COC(=O)c1cccc(S(=O)(=O)N2CC[C@@H](N)C2)c1.Cl. The second-order valence-electron chi connectivity index (χ2n) is 4.43. The van der Waals surface area contributed by atoms with Crippen LogP contribution in [0.4, 0.5) is 0 Å². The van der Waals surface area contributed by atoms with Crippen LogP contribution in [-0.4, -0.2) is 44.9 Å². The van der Waals surface area contributed by atoms with Crippen molar-refractivity contribution in [2.45, 2.75) is 17.4 Å². The summed E-state index contributed by atoms with van der Waals surface area (Å²) in [6.45, 7) is 0.719. The topological polar surface area (TPSA) is 89.7 Å². The molecule has 0 saturated carbocycles. The van der Waals surface area contributed by atoms with Gasteiger partial charge in [0.2, 0.25) is 10.0 Å². The molecule has 0 amide bonds. The van der Waals surface area contributed by atoms with Gasteiger partial charge in [0.1, 0.15) is 0 Å². The normalized spacial score (nSPS) is 19.4. The molecule has 20 heavy (non-hydrogen) atoms. The number of esters is 1. The summed E-state index contributed by atoms with van der Waals surface area (Å²) in [5, 5.41) is 0. The van der Waals surface area contributed by atoms with Crippen LogP contribution < -0.4 is 5.73 Å². The number of ether oxygens (including phenoxy) is 1. The molecule has 1 aliphatic rings. The summed E-state index contributed by atoms with van der Waals surface area (Å²) in [5.74, 6) is -0.560. The third-order valence-corrected chi connectivity index (χ3v) is 4.94. The van der Waals surface area contributed by atoms with E-state index >= 15 is 0 Å². The number of sulfonamides is 1. The molecule has 6 nitrogen and oxygen atoms in total. The summed E-state index contributed by atoms with van der Waals surface area (Å²) < 4.78 is 30.6. The molecule has 1 aliphatic heterocycles. The van der Waals surface area contributed by atoms with Crippen LogP contribution in [-0.2, 0) is 14.8 Å². The van der Waals surface area contributed by atoms with Crippen molar-refractivity contribution in [2.75, 3.05) is 20.2 Å². The average molecular weight is 321 g/mol.